The molecule has 6 nitrogen and oxygen atoms in total. The van der Waals surface area contributed by atoms with Gasteiger partial charge in [-0.25, -0.2) is 0 Å². The second-order valence-electron chi connectivity index (χ2n) is 8.01. The van der Waals surface area contributed by atoms with E-state index in [1.807, 2.05) is 54.6 Å². The molecule has 31 heavy (non-hydrogen) atoms. The highest BCUT2D eigenvalue weighted by molar-refractivity contribution is 5.70. The van der Waals surface area contributed by atoms with Gasteiger partial charge in [0.2, 0.25) is 0 Å². The van der Waals surface area contributed by atoms with E-state index in [0.717, 1.165) is 28.9 Å². The van der Waals surface area contributed by atoms with Gasteiger partial charge in [0.05, 0.1) is 22.7 Å². The van der Waals surface area contributed by atoms with Gasteiger partial charge in [-0.15, -0.1) is 0 Å². The number of benzene rings is 3. The van der Waals surface area contributed by atoms with Gasteiger partial charge in [-0.1, -0.05) is 54.6 Å². The molecule has 0 aromatic heterocycles. The third-order valence-electron chi connectivity index (χ3n) is 6.13. The summed E-state index contributed by atoms with van der Waals surface area (Å²) in [4.78, 5) is 10.8. The van der Waals surface area contributed by atoms with Crippen LogP contribution in [0.4, 0.5) is 11.4 Å². The maximum Gasteiger partial charge on any atom is 0.273 e. The monoisotopic (exact) mass is 414 g/mol. The molecule has 3 unspecified atom stereocenters. The Hall–Kier alpha value is -3.80. The molecule has 3 aromatic carbocycles. The summed E-state index contributed by atoms with van der Waals surface area (Å²) in [5.74, 6) is 0.963. The lowest BCUT2D eigenvalue weighted by atomic mass is 9.76. The summed E-state index contributed by atoms with van der Waals surface area (Å²) in [6.45, 7) is 0.510. The van der Waals surface area contributed by atoms with Crippen LogP contribution < -0.4 is 10.1 Å². The molecule has 1 aliphatic carbocycles. The number of nitrogens with one attached hydrogen (secondary N) is 1. The Kier molecular flexibility index (Phi) is 4.82. The molecule has 0 fully saturated rings. The van der Waals surface area contributed by atoms with Crippen LogP contribution in [0.5, 0.6) is 11.5 Å². The molecule has 0 bridgehead atoms. The summed E-state index contributed by atoms with van der Waals surface area (Å²) >= 11 is 0. The number of anilines is 1. The first-order valence-corrected chi connectivity index (χ1v) is 10.3. The Labute approximate surface area is 180 Å². The highest BCUT2D eigenvalue weighted by atomic mass is 16.6. The van der Waals surface area contributed by atoms with Crippen LogP contribution in [0.25, 0.3) is 0 Å². The maximum absolute atomic E-state index is 11.2. The highest BCUT2D eigenvalue weighted by Crippen LogP contribution is 2.53. The van der Waals surface area contributed by atoms with Crippen LogP contribution in [-0.2, 0) is 6.61 Å². The van der Waals surface area contributed by atoms with Crippen molar-refractivity contribution in [2.75, 3.05) is 5.32 Å². The molecule has 3 atom stereocenters. The minimum Gasteiger partial charge on any atom is -0.506 e. The molecule has 0 amide bonds. The maximum atomic E-state index is 11.2. The normalized spacial score (nSPS) is 21.1. The Morgan fingerprint density at radius 2 is 1.87 bits per heavy atom. The lowest BCUT2D eigenvalue weighted by molar-refractivity contribution is -0.385. The number of nitro groups is 1. The number of hydrogen-bond donors (Lipinski definition) is 2. The molecule has 0 spiro atoms. The van der Waals surface area contributed by atoms with Crippen LogP contribution in [0.15, 0.2) is 78.9 Å². The zero-order valence-corrected chi connectivity index (χ0v) is 16.8. The predicted molar refractivity (Wildman–Crippen MR) is 118 cm³/mol. The van der Waals surface area contributed by atoms with Crippen molar-refractivity contribution >= 4 is 11.4 Å². The minimum atomic E-state index is -0.464. The van der Waals surface area contributed by atoms with Crippen LogP contribution >= 0.6 is 0 Å². The molecule has 1 heterocycles. The highest BCUT2D eigenvalue weighted by Gasteiger charge is 2.39. The average Bonchev–Trinajstić information content (AvgIpc) is 3.29. The SMILES string of the molecule is O=[N+]([O-])c1cc(O)c2c(c1)C1C=CCC1C(c1ccc(OCc3ccccc3)cc1)N2. The average molecular weight is 414 g/mol. The predicted octanol–water partition coefficient (Wildman–Crippen LogP) is 5.71. The van der Waals surface area contributed by atoms with E-state index in [0.29, 0.717) is 12.3 Å². The van der Waals surface area contributed by atoms with Crippen molar-refractivity contribution in [3.63, 3.8) is 0 Å². The van der Waals surface area contributed by atoms with Crippen molar-refractivity contribution in [3.05, 3.63) is 106 Å². The van der Waals surface area contributed by atoms with E-state index in [4.69, 9.17) is 4.74 Å². The molecule has 5 rings (SSSR count). The molecular formula is C25H22N2O4. The van der Waals surface area contributed by atoms with E-state index < -0.39 is 4.92 Å². The molecule has 1 aliphatic heterocycles. The number of fused-ring (bicyclic) bond motifs is 3. The summed E-state index contributed by atoms with van der Waals surface area (Å²) < 4.78 is 5.90. The molecular weight excluding hydrogens is 392 g/mol. The van der Waals surface area contributed by atoms with Crippen molar-refractivity contribution in [2.45, 2.75) is 25.0 Å². The van der Waals surface area contributed by atoms with Gasteiger partial charge in [0, 0.05) is 12.0 Å². The summed E-state index contributed by atoms with van der Waals surface area (Å²) in [6, 6.07) is 20.8. The fourth-order valence-corrected chi connectivity index (χ4v) is 4.61. The lowest BCUT2D eigenvalue weighted by Gasteiger charge is -2.37. The van der Waals surface area contributed by atoms with Crippen molar-refractivity contribution in [1.82, 2.24) is 0 Å². The van der Waals surface area contributed by atoms with Crippen molar-refractivity contribution in [3.8, 4) is 11.5 Å². The van der Waals surface area contributed by atoms with E-state index in [1.165, 1.54) is 6.07 Å². The first-order chi connectivity index (χ1) is 15.1. The number of phenolic OH excluding ortho intramolecular Hbond substituents is 1. The largest absolute Gasteiger partial charge is 0.506 e. The van der Waals surface area contributed by atoms with E-state index in [-0.39, 0.29) is 29.3 Å². The second kappa shape index (κ2) is 7.80. The van der Waals surface area contributed by atoms with Gasteiger partial charge < -0.3 is 15.2 Å². The molecule has 0 saturated heterocycles. The molecule has 0 saturated carbocycles. The Balaban J connectivity index is 1.39. The van der Waals surface area contributed by atoms with E-state index in [2.05, 4.69) is 17.5 Å². The van der Waals surface area contributed by atoms with Crippen molar-refractivity contribution < 1.29 is 14.8 Å². The Bertz CT molecular complexity index is 1140. The minimum absolute atomic E-state index is 0.0111. The van der Waals surface area contributed by atoms with Gasteiger partial charge in [0.1, 0.15) is 18.1 Å². The number of ether oxygens (including phenoxy) is 1. The van der Waals surface area contributed by atoms with Crippen LogP contribution in [0.1, 0.15) is 35.1 Å². The van der Waals surface area contributed by atoms with Crippen molar-refractivity contribution in [2.24, 2.45) is 5.92 Å². The summed E-state index contributed by atoms with van der Waals surface area (Å²) in [7, 11) is 0. The number of non-ortho nitro benzene ring substituents is 1. The summed E-state index contributed by atoms with van der Waals surface area (Å²) in [5.41, 5.74) is 3.48. The van der Waals surface area contributed by atoms with E-state index in [9.17, 15) is 15.2 Å². The first-order valence-electron chi connectivity index (χ1n) is 10.3. The number of nitro benzene ring substituents is 1. The fourth-order valence-electron chi connectivity index (χ4n) is 4.61. The third kappa shape index (κ3) is 3.61. The second-order valence-corrected chi connectivity index (χ2v) is 8.01. The standard InChI is InChI=1S/C25H22N2O4/c28-23-14-18(27(29)30)13-22-20-7-4-8-21(20)24(26-25(22)23)17-9-11-19(12-10-17)31-15-16-5-2-1-3-6-16/h1-7,9-14,20-21,24,26,28H,8,15H2. The van der Waals surface area contributed by atoms with Crippen LogP contribution in [0.3, 0.4) is 0 Å². The van der Waals surface area contributed by atoms with E-state index in [1.54, 1.807) is 6.07 Å². The number of hydrogen-bond acceptors (Lipinski definition) is 5. The van der Waals surface area contributed by atoms with Gasteiger partial charge in [-0.3, -0.25) is 10.1 Å². The molecule has 156 valence electrons. The van der Waals surface area contributed by atoms with Gasteiger partial charge >= 0.3 is 0 Å². The fraction of sp³-hybridized carbons (Fsp3) is 0.200. The van der Waals surface area contributed by atoms with Gasteiger partial charge in [-0.2, -0.15) is 0 Å². The molecule has 6 heteroatoms. The molecule has 0 radical (unpaired) electrons. The molecule has 3 aromatic rings. The third-order valence-corrected chi connectivity index (χ3v) is 6.13. The summed E-state index contributed by atoms with van der Waals surface area (Å²) in [6.07, 6.45) is 5.08. The number of allylic oxidation sites excluding steroid dienone is 2. The zero-order chi connectivity index (χ0) is 21.4. The first kappa shape index (κ1) is 19.2. The number of aromatic hydroxyl groups is 1. The van der Waals surface area contributed by atoms with Crippen LogP contribution in [0, 0.1) is 16.0 Å². The summed E-state index contributed by atoms with van der Waals surface area (Å²) in [5, 5.41) is 25.2. The Morgan fingerprint density at radius 1 is 1.10 bits per heavy atom. The smallest absolute Gasteiger partial charge is 0.273 e. The number of rotatable bonds is 5. The van der Waals surface area contributed by atoms with Gasteiger partial charge in [0.25, 0.3) is 5.69 Å². The lowest BCUT2D eigenvalue weighted by Crippen LogP contribution is -2.29. The Morgan fingerprint density at radius 3 is 2.61 bits per heavy atom. The van der Waals surface area contributed by atoms with Gasteiger partial charge in [-0.05, 0) is 41.2 Å². The van der Waals surface area contributed by atoms with Crippen LogP contribution in [-0.4, -0.2) is 10.0 Å². The number of phenols is 1. The van der Waals surface area contributed by atoms with Crippen LogP contribution in [0.2, 0.25) is 0 Å². The zero-order valence-electron chi connectivity index (χ0n) is 16.8. The van der Waals surface area contributed by atoms with Gasteiger partial charge in [0.15, 0.2) is 0 Å². The quantitative estimate of drug-likeness (QED) is 0.242. The molecule has 2 N–H and O–H groups in total. The van der Waals surface area contributed by atoms with E-state index >= 15 is 0 Å². The van der Waals surface area contributed by atoms with Crippen molar-refractivity contribution in [1.29, 1.82) is 0 Å². The topological polar surface area (TPSA) is 84.6 Å². The molecule has 2 aliphatic rings. The number of nitrogens with zero attached hydrogens (tertiary/aromatic N) is 1.